The third-order valence-corrected chi connectivity index (χ3v) is 4.62. The van der Waals surface area contributed by atoms with Gasteiger partial charge in [0.05, 0.1) is 0 Å². The van der Waals surface area contributed by atoms with E-state index in [1.54, 1.807) is 0 Å². The van der Waals surface area contributed by atoms with Gasteiger partial charge in [0.1, 0.15) is 0 Å². The highest BCUT2D eigenvalue weighted by atomic mass is 28.3. The van der Waals surface area contributed by atoms with Gasteiger partial charge in [0, 0.05) is 20.7 Å². The van der Waals surface area contributed by atoms with Crippen molar-refractivity contribution >= 4 is 8.07 Å². The first-order chi connectivity index (χ1) is 7.88. The fourth-order valence-corrected chi connectivity index (χ4v) is 4.01. The van der Waals surface area contributed by atoms with Crippen LogP contribution in [0.2, 0.25) is 25.7 Å². The van der Waals surface area contributed by atoms with Crippen molar-refractivity contribution < 1.29 is 0 Å². The summed E-state index contributed by atoms with van der Waals surface area (Å²) in [7, 11) is -1.02. The summed E-state index contributed by atoms with van der Waals surface area (Å²) < 4.78 is 0. The van der Waals surface area contributed by atoms with Crippen LogP contribution in [-0.2, 0) is 0 Å². The molecule has 1 aromatic carbocycles. The molecule has 0 saturated heterocycles. The average Bonchev–Trinajstić information content (AvgIpc) is 2.24. The highest BCUT2D eigenvalue weighted by Crippen LogP contribution is 2.26. The number of hydrogen-bond acceptors (Lipinski definition) is 1. The van der Waals surface area contributed by atoms with Gasteiger partial charge in [-0.3, -0.25) is 0 Å². The van der Waals surface area contributed by atoms with Crippen LogP contribution in [0.1, 0.15) is 25.3 Å². The number of nitrogens with one attached hydrogen (secondary N) is 1. The Bertz CT molecular complexity index is 313. The lowest BCUT2D eigenvalue weighted by Crippen LogP contribution is -2.32. The lowest BCUT2D eigenvalue weighted by Gasteiger charge is -2.26. The Morgan fingerprint density at radius 3 is 2.12 bits per heavy atom. The van der Waals surface area contributed by atoms with Crippen LogP contribution >= 0.6 is 0 Å². The molecular weight excluding hydrogens is 222 g/mol. The van der Waals surface area contributed by atoms with Crippen molar-refractivity contribution in [2.75, 3.05) is 6.54 Å². The second-order valence-corrected chi connectivity index (χ2v) is 12.0. The maximum atomic E-state index is 3.59. The van der Waals surface area contributed by atoms with E-state index in [0.717, 1.165) is 6.54 Å². The second kappa shape index (κ2) is 6.36. The highest BCUT2D eigenvalue weighted by molar-refractivity contribution is 6.76. The Morgan fingerprint density at radius 1 is 1.06 bits per heavy atom. The lowest BCUT2D eigenvalue weighted by atomic mass is 10.0. The molecule has 0 amide bonds. The maximum absolute atomic E-state index is 3.59. The topological polar surface area (TPSA) is 12.0 Å². The Hall–Kier alpha value is -0.603. The summed E-state index contributed by atoms with van der Waals surface area (Å²) in [5.74, 6) is 0.672. The summed E-state index contributed by atoms with van der Waals surface area (Å²) in [6, 6.07) is 12.9. The quantitative estimate of drug-likeness (QED) is 0.748. The van der Waals surface area contributed by atoms with Crippen LogP contribution in [0.25, 0.3) is 0 Å². The number of rotatable bonds is 6. The largest absolute Gasteiger partial charge is 0.314 e. The smallest absolute Gasteiger partial charge is 0.0449 e. The lowest BCUT2D eigenvalue weighted by molar-refractivity contribution is 0.545. The number of benzene rings is 1. The highest BCUT2D eigenvalue weighted by Gasteiger charge is 2.21. The van der Waals surface area contributed by atoms with Crippen molar-refractivity contribution in [3.63, 3.8) is 0 Å². The molecule has 0 radical (unpaired) electrons. The van der Waals surface area contributed by atoms with Gasteiger partial charge in [-0.15, -0.1) is 0 Å². The van der Waals surface area contributed by atoms with Gasteiger partial charge in [-0.1, -0.05) is 63.8 Å². The predicted molar refractivity (Wildman–Crippen MR) is 80.5 cm³/mol. The molecule has 0 aliphatic carbocycles. The van der Waals surface area contributed by atoms with Gasteiger partial charge >= 0.3 is 0 Å². The van der Waals surface area contributed by atoms with Crippen molar-refractivity contribution in [2.24, 2.45) is 0 Å². The molecular formula is C15H27NSi. The molecule has 96 valence electrons. The van der Waals surface area contributed by atoms with Crippen molar-refractivity contribution in [1.82, 2.24) is 5.32 Å². The van der Waals surface area contributed by atoms with Crippen LogP contribution in [0.4, 0.5) is 0 Å². The minimum Gasteiger partial charge on any atom is -0.314 e. The van der Waals surface area contributed by atoms with Gasteiger partial charge in [0.2, 0.25) is 0 Å². The molecule has 0 aliphatic rings. The normalized spacial score (nSPS) is 14.0. The minimum atomic E-state index is -1.02. The molecule has 0 fully saturated rings. The first kappa shape index (κ1) is 14.5. The zero-order chi connectivity index (χ0) is 12.9. The van der Waals surface area contributed by atoms with Crippen LogP contribution in [0.3, 0.4) is 0 Å². The molecule has 0 aliphatic heterocycles. The minimum absolute atomic E-state index is 0.572. The van der Waals surface area contributed by atoms with Crippen molar-refractivity contribution in [1.29, 1.82) is 0 Å². The molecule has 2 heteroatoms. The van der Waals surface area contributed by atoms with E-state index < -0.39 is 8.07 Å². The zero-order valence-electron chi connectivity index (χ0n) is 12.0. The molecule has 0 saturated carbocycles. The summed E-state index contributed by atoms with van der Waals surface area (Å²) in [6.07, 6.45) is 0. The average molecular weight is 249 g/mol. The summed E-state index contributed by atoms with van der Waals surface area (Å²) >= 11 is 0. The molecule has 0 heterocycles. The molecule has 1 nitrogen and oxygen atoms in total. The SMILES string of the molecule is CC(C)NCC(C[Si](C)(C)C)c1ccccc1. The zero-order valence-corrected chi connectivity index (χ0v) is 13.0. The Balaban J connectivity index is 2.72. The summed E-state index contributed by atoms with van der Waals surface area (Å²) in [5, 5.41) is 3.59. The summed E-state index contributed by atoms with van der Waals surface area (Å²) in [6.45, 7) is 12.9. The molecule has 1 atom stereocenters. The van der Waals surface area contributed by atoms with E-state index in [0.29, 0.717) is 12.0 Å². The third kappa shape index (κ3) is 6.04. The van der Waals surface area contributed by atoms with Gasteiger partial charge in [-0.2, -0.15) is 0 Å². The summed E-state index contributed by atoms with van der Waals surface area (Å²) in [4.78, 5) is 0. The van der Waals surface area contributed by atoms with Gasteiger partial charge in [-0.05, 0) is 17.5 Å². The first-order valence-corrected chi connectivity index (χ1v) is 10.4. The monoisotopic (exact) mass is 249 g/mol. The van der Waals surface area contributed by atoms with Crippen molar-refractivity contribution in [2.45, 2.75) is 51.5 Å². The molecule has 0 bridgehead atoms. The van der Waals surface area contributed by atoms with Crippen LogP contribution in [-0.4, -0.2) is 20.7 Å². The summed E-state index contributed by atoms with van der Waals surface area (Å²) in [5.41, 5.74) is 1.49. The Kier molecular flexibility index (Phi) is 5.41. The van der Waals surface area contributed by atoms with E-state index in [1.165, 1.54) is 11.6 Å². The van der Waals surface area contributed by atoms with Gasteiger partial charge in [0.25, 0.3) is 0 Å². The van der Waals surface area contributed by atoms with E-state index in [1.807, 2.05) is 0 Å². The molecule has 0 spiro atoms. The fourth-order valence-electron chi connectivity index (χ4n) is 2.15. The molecule has 1 N–H and O–H groups in total. The van der Waals surface area contributed by atoms with Crippen LogP contribution in [0.15, 0.2) is 30.3 Å². The van der Waals surface area contributed by atoms with Gasteiger partial charge < -0.3 is 5.32 Å². The van der Waals surface area contributed by atoms with E-state index in [9.17, 15) is 0 Å². The van der Waals surface area contributed by atoms with E-state index in [-0.39, 0.29) is 0 Å². The fraction of sp³-hybridized carbons (Fsp3) is 0.600. The van der Waals surface area contributed by atoms with E-state index in [2.05, 4.69) is 69.1 Å². The van der Waals surface area contributed by atoms with Crippen LogP contribution in [0.5, 0.6) is 0 Å². The van der Waals surface area contributed by atoms with Crippen molar-refractivity contribution in [3.8, 4) is 0 Å². The van der Waals surface area contributed by atoms with Crippen LogP contribution in [0, 0.1) is 0 Å². The Morgan fingerprint density at radius 2 is 1.65 bits per heavy atom. The molecule has 1 aromatic rings. The maximum Gasteiger partial charge on any atom is 0.0449 e. The predicted octanol–water partition coefficient (Wildman–Crippen LogP) is 4.11. The van der Waals surface area contributed by atoms with E-state index >= 15 is 0 Å². The van der Waals surface area contributed by atoms with Gasteiger partial charge in [-0.25, -0.2) is 0 Å². The van der Waals surface area contributed by atoms with Crippen LogP contribution < -0.4 is 5.32 Å². The Labute approximate surface area is 108 Å². The molecule has 1 rings (SSSR count). The number of hydrogen-bond donors (Lipinski definition) is 1. The standard InChI is InChI=1S/C15H27NSi/c1-13(2)16-11-15(12-17(3,4)5)14-9-7-6-8-10-14/h6-10,13,15-16H,11-12H2,1-5H3. The second-order valence-electron chi connectivity index (χ2n) is 6.44. The molecule has 0 aromatic heterocycles. The molecule has 17 heavy (non-hydrogen) atoms. The van der Waals surface area contributed by atoms with E-state index in [4.69, 9.17) is 0 Å². The first-order valence-electron chi connectivity index (χ1n) is 6.67. The van der Waals surface area contributed by atoms with Crippen molar-refractivity contribution in [3.05, 3.63) is 35.9 Å². The van der Waals surface area contributed by atoms with Gasteiger partial charge in [0.15, 0.2) is 0 Å². The molecule has 1 unspecified atom stereocenters. The third-order valence-electron chi connectivity index (χ3n) is 2.90.